The van der Waals surface area contributed by atoms with Gasteiger partial charge in [-0.05, 0) is 42.5 Å². The van der Waals surface area contributed by atoms with Gasteiger partial charge in [0.25, 0.3) is 0 Å². The summed E-state index contributed by atoms with van der Waals surface area (Å²) in [6.45, 7) is 0. The molecule has 144 valence electrons. The van der Waals surface area contributed by atoms with Crippen molar-refractivity contribution >= 4 is 57.4 Å². The minimum atomic E-state index is -0.147. The fourth-order valence-corrected chi connectivity index (χ4v) is 3.61. The molecule has 0 bridgehead atoms. The lowest BCUT2D eigenvalue weighted by Crippen LogP contribution is -2.14. The lowest BCUT2D eigenvalue weighted by atomic mass is 10.2. The summed E-state index contributed by atoms with van der Waals surface area (Å²) in [5.41, 5.74) is 2.42. The first-order chi connectivity index (χ1) is 14.2. The summed E-state index contributed by atoms with van der Waals surface area (Å²) in [5.74, 6) is 0.751. The van der Waals surface area contributed by atoms with E-state index in [1.807, 2.05) is 54.6 Å². The van der Waals surface area contributed by atoms with Crippen molar-refractivity contribution in [3.05, 3.63) is 83.9 Å². The number of para-hydroxylation sites is 2. The molecule has 0 radical (unpaired) electrons. The second-order valence-corrected chi connectivity index (χ2v) is 7.59. The molecule has 1 aromatic heterocycles. The van der Waals surface area contributed by atoms with Crippen LogP contribution in [0.4, 0.5) is 17.2 Å². The van der Waals surface area contributed by atoms with Gasteiger partial charge in [-0.2, -0.15) is 0 Å². The predicted molar refractivity (Wildman–Crippen MR) is 120 cm³/mol. The van der Waals surface area contributed by atoms with E-state index < -0.39 is 0 Å². The second-order valence-electron chi connectivity index (χ2n) is 6.21. The van der Waals surface area contributed by atoms with Crippen LogP contribution in [0.15, 0.2) is 84.0 Å². The molecule has 2 N–H and O–H groups in total. The molecule has 1 amide bonds. The Hall–Kier alpha value is -3.09. The number of rotatable bonds is 6. The Bertz CT molecular complexity index is 1150. The first kappa shape index (κ1) is 19.2. The minimum absolute atomic E-state index is 0.147. The summed E-state index contributed by atoms with van der Waals surface area (Å²) in [4.78, 5) is 21.5. The Balaban J connectivity index is 1.52. The van der Waals surface area contributed by atoms with E-state index in [4.69, 9.17) is 11.6 Å². The van der Waals surface area contributed by atoms with E-state index in [-0.39, 0.29) is 11.7 Å². The highest BCUT2D eigenvalue weighted by atomic mass is 35.5. The third-order valence-corrected chi connectivity index (χ3v) is 5.14. The highest BCUT2D eigenvalue weighted by Crippen LogP contribution is 2.27. The zero-order chi connectivity index (χ0) is 20.1. The summed E-state index contributed by atoms with van der Waals surface area (Å²) >= 11 is 7.24. The molecule has 0 atom stereocenters. The molecule has 0 aliphatic heterocycles. The maximum atomic E-state index is 12.3. The Morgan fingerprint density at radius 2 is 1.66 bits per heavy atom. The number of anilines is 3. The van der Waals surface area contributed by atoms with Gasteiger partial charge in [0.15, 0.2) is 5.16 Å². The Morgan fingerprint density at radius 1 is 0.897 bits per heavy atom. The van der Waals surface area contributed by atoms with E-state index in [0.29, 0.717) is 21.7 Å². The number of fused-ring (bicyclic) bond motifs is 1. The number of benzene rings is 3. The largest absolute Gasteiger partial charge is 0.340 e. The van der Waals surface area contributed by atoms with Crippen molar-refractivity contribution in [3.63, 3.8) is 0 Å². The number of aromatic nitrogens is 2. The van der Waals surface area contributed by atoms with Crippen LogP contribution in [0.2, 0.25) is 5.02 Å². The second kappa shape index (κ2) is 8.94. The zero-order valence-electron chi connectivity index (χ0n) is 15.3. The summed E-state index contributed by atoms with van der Waals surface area (Å²) in [5, 5.41) is 8.20. The number of thioether (sulfide) groups is 1. The third kappa shape index (κ3) is 5.04. The molecule has 7 heteroatoms. The molecule has 0 saturated heterocycles. The molecule has 4 rings (SSSR count). The highest BCUT2D eigenvalue weighted by molar-refractivity contribution is 7.99. The quantitative estimate of drug-likeness (QED) is 0.306. The smallest absolute Gasteiger partial charge is 0.234 e. The van der Waals surface area contributed by atoms with Crippen LogP contribution in [-0.2, 0) is 4.79 Å². The molecule has 3 aromatic carbocycles. The van der Waals surface area contributed by atoms with Crippen molar-refractivity contribution in [1.82, 2.24) is 9.97 Å². The van der Waals surface area contributed by atoms with Crippen LogP contribution >= 0.6 is 23.4 Å². The molecule has 0 spiro atoms. The van der Waals surface area contributed by atoms with Crippen molar-refractivity contribution in [2.45, 2.75) is 5.16 Å². The minimum Gasteiger partial charge on any atom is -0.340 e. The van der Waals surface area contributed by atoms with Gasteiger partial charge in [0.1, 0.15) is 5.82 Å². The van der Waals surface area contributed by atoms with Gasteiger partial charge in [-0.15, -0.1) is 0 Å². The molecule has 0 unspecified atom stereocenters. The maximum Gasteiger partial charge on any atom is 0.234 e. The number of nitrogens with one attached hydrogen (secondary N) is 2. The third-order valence-electron chi connectivity index (χ3n) is 4.06. The van der Waals surface area contributed by atoms with Crippen molar-refractivity contribution < 1.29 is 4.79 Å². The number of carbonyl (C=O) groups excluding carboxylic acids is 1. The standard InChI is InChI=1S/C22H17ClN4OS/c23-15-7-6-10-17(13-15)24-20(28)14-29-22-26-19-12-5-4-11-18(19)21(27-22)25-16-8-2-1-3-9-16/h1-13H,14H2,(H,24,28)(H,25,26,27). The Morgan fingerprint density at radius 3 is 2.48 bits per heavy atom. The SMILES string of the molecule is O=C(CSc1nc(Nc2ccccc2)c2ccccc2n1)Nc1cccc(Cl)c1. The molecule has 4 aromatic rings. The van der Waals surface area contributed by atoms with Gasteiger partial charge in [0, 0.05) is 21.8 Å². The average molecular weight is 421 g/mol. The maximum absolute atomic E-state index is 12.3. The molecular weight excluding hydrogens is 404 g/mol. The van der Waals surface area contributed by atoms with Crippen LogP contribution in [0.3, 0.4) is 0 Å². The van der Waals surface area contributed by atoms with E-state index in [2.05, 4.69) is 20.6 Å². The first-order valence-electron chi connectivity index (χ1n) is 8.94. The summed E-state index contributed by atoms with van der Waals surface area (Å²) in [6.07, 6.45) is 0. The van der Waals surface area contributed by atoms with E-state index in [0.717, 1.165) is 16.6 Å². The highest BCUT2D eigenvalue weighted by Gasteiger charge is 2.11. The van der Waals surface area contributed by atoms with Gasteiger partial charge in [-0.25, -0.2) is 9.97 Å². The van der Waals surface area contributed by atoms with Gasteiger partial charge >= 0.3 is 0 Å². The fourth-order valence-electron chi connectivity index (χ4n) is 2.77. The number of nitrogens with zero attached hydrogens (tertiary/aromatic N) is 2. The van der Waals surface area contributed by atoms with E-state index >= 15 is 0 Å². The number of amides is 1. The van der Waals surface area contributed by atoms with Crippen molar-refractivity contribution in [2.75, 3.05) is 16.4 Å². The van der Waals surface area contributed by atoms with Gasteiger partial charge < -0.3 is 10.6 Å². The molecule has 0 aliphatic rings. The van der Waals surface area contributed by atoms with E-state index in [1.165, 1.54) is 11.8 Å². The van der Waals surface area contributed by atoms with E-state index in [9.17, 15) is 4.79 Å². The monoisotopic (exact) mass is 420 g/mol. The Kier molecular flexibility index (Phi) is 5.93. The first-order valence-corrected chi connectivity index (χ1v) is 10.3. The predicted octanol–water partition coefficient (Wildman–Crippen LogP) is 5.76. The molecule has 0 fully saturated rings. The molecule has 1 heterocycles. The summed E-state index contributed by atoms with van der Waals surface area (Å²) in [7, 11) is 0. The Labute approximate surface area is 177 Å². The number of hydrogen-bond acceptors (Lipinski definition) is 5. The van der Waals surface area contributed by atoms with Crippen molar-refractivity contribution in [3.8, 4) is 0 Å². The number of carbonyl (C=O) groups is 1. The lowest BCUT2D eigenvalue weighted by molar-refractivity contribution is -0.113. The van der Waals surface area contributed by atoms with Gasteiger partial charge in [-0.3, -0.25) is 4.79 Å². The van der Waals surface area contributed by atoms with E-state index in [1.54, 1.807) is 24.3 Å². The topological polar surface area (TPSA) is 66.9 Å². The van der Waals surface area contributed by atoms with Crippen LogP contribution in [-0.4, -0.2) is 21.6 Å². The van der Waals surface area contributed by atoms with Crippen LogP contribution < -0.4 is 10.6 Å². The molecule has 29 heavy (non-hydrogen) atoms. The lowest BCUT2D eigenvalue weighted by Gasteiger charge is -2.11. The summed E-state index contributed by atoms with van der Waals surface area (Å²) in [6, 6.07) is 24.7. The van der Waals surface area contributed by atoms with Crippen molar-refractivity contribution in [1.29, 1.82) is 0 Å². The van der Waals surface area contributed by atoms with Crippen LogP contribution in [0.1, 0.15) is 0 Å². The van der Waals surface area contributed by atoms with Crippen LogP contribution in [0, 0.1) is 0 Å². The molecular formula is C22H17ClN4OS. The van der Waals surface area contributed by atoms with Crippen molar-refractivity contribution in [2.24, 2.45) is 0 Å². The average Bonchev–Trinajstić information content (AvgIpc) is 2.73. The van der Waals surface area contributed by atoms with Crippen LogP contribution in [0.5, 0.6) is 0 Å². The van der Waals surface area contributed by atoms with Gasteiger partial charge in [-0.1, -0.05) is 59.8 Å². The molecule has 5 nitrogen and oxygen atoms in total. The van der Waals surface area contributed by atoms with Crippen LogP contribution in [0.25, 0.3) is 10.9 Å². The molecule has 0 saturated carbocycles. The number of halogens is 1. The molecule has 0 aliphatic carbocycles. The summed E-state index contributed by atoms with van der Waals surface area (Å²) < 4.78 is 0. The number of hydrogen-bond donors (Lipinski definition) is 2. The van der Waals surface area contributed by atoms with Gasteiger partial charge in [0.05, 0.1) is 11.3 Å². The zero-order valence-corrected chi connectivity index (χ0v) is 16.9. The fraction of sp³-hybridized carbons (Fsp3) is 0.0455. The van der Waals surface area contributed by atoms with Gasteiger partial charge in [0.2, 0.25) is 5.91 Å². The normalized spacial score (nSPS) is 10.7.